The molecule has 7 heteroatoms. The molecule has 0 aliphatic carbocycles. The normalized spacial score (nSPS) is 12.7. The lowest BCUT2D eigenvalue weighted by Crippen LogP contribution is -2.29. The van der Waals surface area contributed by atoms with Crippen molar-refractivity contribution in [3.8, 4) is 5.75 Å². The molecule has 0 saturated heterocycles. The third kappa shape index (κ3) is 3.12. The van der Waals surface area contributed by atoms with Crippen LogP contribution in [0.1, 0.15) is 48.9 Å². The molecule has 108 valence electrons. The highest BCUT2D eigenvalue weighted by molar-refractivity contribution is 7.05. The zero-order valence-corrected chi connectivity index (χ0v) is 12.6. The molecular weight excluding hydrogens is 274 g/mol. The van der Waals surface area contributed by atoms with E-state index in [1.807, 2.05) is 13.0 Å². The first-order valence-electron chi connectivity index (χ1n) is 6.53. The summed E-state index contributed by atoms with van der Waals surface area (Å²) in [5.74, 6) is 6.75. The average molecular weight is 293 g/mol. The Labute approximate surface area is 122 Å². The monoisotopic (exact) mass is 293 g/mol. The SMILES string of the molecule is CCOc1cncc(C(NN)c2snnc2C(C)C)c1. The Morgan fingerprint density at radius 2 is 2.20 bits per heavy atom. The molecule has 2 rings (SSSR count). The minimum absolute atomic E-state index is 0.180. The van der Waals surface area contributed by atoms with Gasteiger partial charge in [-0.15, -0.1) is 5.10 Å². The van der Waals surface area contributed by atoms with Gasteiger partial charge >= 0.3 is 0 Å². The van der Waals surface area contributed by atoms with E-state index in [0.29, 0.717) is 12.5 Å². The van der Waals surface area contributed by atoms with Gasteiger partial charge in [-0.2, -0.15) is 0 Å². The van der Waals surface area contributed by atoms with Crippen molar-refractivity contribution >= 4 is 11.5 Å². The third-order valence-electron chi connectivity index (χ3n) is 2.89. The highest BCUT2D eigenvalue weighted by Crippen LogP contribution is 2.31. The quantitative estimate of drug-likeness (QED) is 0.626. The summed E-state index contributed by atoms with van der Waals surface area (Å²) < 4.78 is 9.52. The predicted molar refractivity (Wildman–Crippen MR) is 78.6 cm³/mol. The van der Waals surface area contributed by atoms with Gasteiger partial charge in [0.05, 0.1) is 29.4 Å². The minimum Gasteiger partial charge on any atom is -0.492 e. The van der Waals surface area contributed by atoms with Crippen molar-refractivity contribution in [2.24, 2.45) is 5.84 Å². The van der Waals surface area contributed by atoms with Crippen LogP contribution in [0.2, 0.25) is 0 Å². The molecule has 6 nitrogen and oxygen atoms in total. The first kappa shape index (κ1) is 14.8. The second-order valence-electron chi connectivity index (χ2n) is 4.66. The van der Waals surface area contributed by atoms with Gasteiger partial charge in [-0.05, 0) is 36.0 Å². The molecule has 0 amide bonds. The highest BCUT2D eigenvalue weighted by atomic mass is 32.1. The standard InChI is InChI=1S/C13H19N5OS/c1-4-19-10-5-9(6-15-7-10)12(16-14)13-11(8(2)3)17-18-20-13/h5-8,12,16H,4,14H2,1-3H3. The van der Waals surface area contributed by atoms with Crippen LogP contribution in [0.5, 0.6) is 5.75 Å². The molecule has 0 aliphatic heterocycles. The van der Waals surface area contributed by atoms with Crippen LogP contribution in [0.3, 0.4) is 0 Å². The molecule has 2 aromatic rings. The van der Waals surface area contributed by atoms with E-state index in [9.17, 15) is 0 Å². The smallest absolute Gasteiger partial charge is 0.137 e. The van der Waals surface area contributed by atoms with Gasteiger partial charge in [-0.3, -0.25) is 10.8 Å². The van der Waals surface area contributed by atoms with E-state index in [-0.39, 0.29) is 6.04 Å². The first-order valence-corrected chi connectivity index (χ1v) is 7.30. The molecule has 0 fully saturated rings. The van der Waals surface area contributed by atoms with Crippen molar-refractivity contribution < 1.29 is 4.74 Å². The number of aromatic nitrogens is 3. The largest absolute Gasteiger partial charge is 0.492 e. The Hall–Kier alpha value is -1.57. The molecule has 3 N–H and O–H groups in total. The van der Waals surface area contributed by atoms with E-state index in [2.05, 4.69) is 33.8 Å². The summed E-state index contributed by atoms with van der Waals surface area (Å²) in [6, 6.07) is 1.76. The molecule has 0 aliphatic rings. The van der Waals surface area contributed by atoms with E-state index in [1.165, 1.54) is 11.5 Å². The fraction of sp³-hybridized carbons (Fsp3) is 0.462. The Morgan fingerprint density at radius 3 is 2.85 bits per heavy atom. The summed E-state index contributed by atoms with van der Waals surface area (Å²) in [6.45, 7) is 6.71. The van der Waals surface area contributed by atoms with Crippen LogP contribution >= 0.6 is 11.5 Å². The van der Waals surface area contributed by atoms with E-state index in [4.69, 9.17) is 10.6 Å². The van der Waals surface area contributed by atoms with Crippen molar-refractivity contribution in [1.29, 1.82) is 0 Å². The second-order valence-corrected chi connectivity index (χ2v) is 5.45. The summed E-state index contributed by atoms with van der Waals surface area (Å²) in [7, 11) is 0. The summed E-state index contributed by atoms with van der Waals surface area (Å²) in [6.07, 6.45) is 3.46. The van der Waals surface area contributed by atoms with Crippen molar-refractivity contribution in [2.75, 3.05) is 6.61 Å². The number of pyridine rings is 1. The molecule has 0 bridgehead atoms. The van der Waals surface area contributed by atoms with Gasteiger partial charge in [-0.1, -0.05) is 18.3 Å². The first-order chi connectivity index (χ1) is 9.67. The molecule has 20 heavy (non-hydrogen) atoms. The minimum atomic E-state index is -0.180. The number of rotatable bonds is 6. The summed E-state index contributed by atoms with van der Waals surface area (Å²) in [4.78, 5) is 5.21. The van der Waals surface area contributed by atoms with Crippen LogP contribution in [-0.2, 0) is 0 Å². The highest BCUT2D eigenvalue weighted by Gasteiger charge is 2.22. The van der Waals surface area contributed by atoms with E-state index < -0.39 is 0 Å². The van der Waals surface area contributed by atoms with Gasteiger partial charge < -0.3 is 4.74 Å². The molecule has 2 aromatic heterocycles. The summed E-state index contributed by atoms with van der Waals surface area (Å²) in [5, 5.41) is 4.19. The van der Waals surface area contributed by atoms with Gasteiger partial charge in [0.15, 0.2) is 0 Å². The lowest BCUT2D eigenvalue weighted by molar-refractivity contribution is 0.338. The van der Waals surface area contributed by atoms with Crippen LogP contribution in [0.4, 0.5) is 0 Å². The number of nitrogens with two attached hydrogens (primary N) is 1. The molecular formula is C13H19N5OS. The van der Waals surface area contributed by atoms with Crippen molar-refractivity contribution in [1.82, 2.24) is 20.0 Å². The van der Waals surface area contributed by atoms with Crippen LogP contribution in [-0.4, -0.2) is 21.2 Å². The second kappa shape index (κ2) is 6.74. The molecule has 0 saturated carbocycles. The maximum atomic E-state index is 5.72. The lowest BCUT2D eigenvalue weighted by Gasteiger charge is -2.17. The van der Waals surface area contributed by atoms with Crippen LogP contribution in [0.25, 0.3) is 0 Å². The number of hydrogen-bond acceptors (Lipinski definition) is 7. The van der Waals surface area contributed by atoms with Gasteiger partial charge in [0.1, 0.15) is 5.75 Å². The van der Waals surface area contributed by atoms with Crippen molar-refractivity contribution in [3.05, 3.63) is 34.6 Å². The average Bonchev–Trinajstić information content (AvgIpc) is 2.90. The fourth-order valence-electron chi connectivity index (χ4n) is 1.97. The summed E-state index contributed by atoms with van der Waals surface area (Å²) in [5.41, 5.74) is 4.71. The number of nitrogens with zero attached hydrogens (tertiary/aromatic N) is 3. The van der Waals surface area contributed by atoms with Crippen LogP contribution < -0.4 is 16.0 Å². The Bertz CT molecular complexity index is 557. The van der Waals surface area contributed by atoms with Gasteiger partial charge in [0.25, 0.3) is 0 Å². The molecule has 0 radical (unpaired) electrons. The predicted octanol–water partition coefficient (Wildman–Crippen LogP) is 2.01. The number of hydrazine groups is 1. The summed E-state index contributed by atoms with van der Waals surface area (Å²) >= 11 is 1.35. The van der Waals surface area contributed by atoms with Gasteiger partial charge in [0, 0.05) is 6.20 Å². The number of hydrogen-bond donors (Lipinski definition) is 2. The fourth-order valence-corrected chi connectivity index (χ4v) is 2.86. The van der Waals surface area contributed by atoms with Gasteiger partial charge in [-0.25, -0.2) is 5.43 Å². The maximum Gasteiger partial charge on any atom is 0.137 e. The molecule has 0 spiro atoms. The van der Waals surface area contributed by atoms with E-state index >= 15 is 0 Å². The van der Waals surface area contributed by atoms with Crippen LogP contribution in [0.15, 0.2) is 18.5 Å². The zero-order valence-electron chi connectivity index (χ0n) is 11.8. The zero-order chi connectivity index (χ0) is 14.5. The third-order valence-corrected chi connectivity index (χ3v) is 3.70. The van der Waals surface area contributed by atoms with Crippen molar-refractivity contribution in [2.45, 2.75) is 32.7 Å². The molecule has 0 aromatic carbocycles. The van der Waals surface area contributed by atoms with Crippen molar-refractivity contribution in [3.63, 3.8) is 0 Å². The number of nitrogens with one attached hydrogen (secondary N) is 1. The molecule has 1 atom stereocenters. The Balaban J connectivity index is 2.36. The maximum absolute atomic E-state index is 5.72. The van der Waals surface area contributed by atoms with E-state index in [0.717, 1.165) is 21.9 Å². The Kier molecular flexibility index (Phi) is 4.99. The van der Waals surface area contributed by atoms with E-state index in [1.54, 1.807) is 12.4 Å². The lowest BCUT2D eigenvalue weighted by atomic mass is 10.0. The van der Waals surface area contributed by atoms with Crippen LogP contribution in [0, 0.1) is 0 Å². The Morgan fingerprint density at radius 1 is 1.40 bits per heavy atom. The molecule has 2 heterocycles. The molecule has 1 unspecified atom stereocenters. The topological polar surface area (TPSA) is 86.0 Å². The van der Waals surface area contributed by atoms with Gasteiger partial charge in [0.2, 0.25) is 0 Å². The number of ether oxygens (including phenoxy) is 1.